The van der Waals surface area contributed by atoms with Crippen LogP contribution in [0.1, 0.15) is 25.8 Å². The first kappa shape index (κ1) is 17.2. The maximum atomic E-state index is 13.5. The summed E-state index contributed by atoms with van der Waals surface area (Å²) in [5, 5.41) is 8.86. The highest BCUT2D eigenvalue weighted by Gasteiger charge is 2.13. The van der Waals surface area contributed by atoms with Crippen LogP contribution in [0.2, 0.25) is 0 Å². The Balaban J connectivity index is 2.77. The molecule has 0 spiro atoms. The lowest BCUT2D eigenvalue weighted by atomic mass is 10.2. The number of carbonyl (C=O) groups excluding carboxylic acids is 1. The van der Waals surface area contributed by atoms with Gasteiger partial charge in [-0.05, 0) is 44.0 Å². The first-order valence-corrected chi connectivity index (χ1v) is 6.92. The summed E-state index contributed by atoms with van der Waals surface area (Å²) in [4.78, 5) is 13.8. The van der Waals surface area contributed by atoms with Crippen LogP contribution in [0.25, 0.3) is 6.08 Å². The van der Waals surface area contributed by atoms with Gasteiger partial charge >= 0.3 is 0 Å². The van der Waals surface area contributed by atoms with Crippen LogP contribution in [0, 0.1) is 5.82 Å². The summed E-state index contributed by atoms with van der Waals surface area (Å²) >= 11 is 0. The van der Waals surface area contributed by atoms with E-state index < -0.39 is 5.82 Å². The maximum absolute atomic E-state index is 13.5. The molecule has 5 heteroatoms. The van der Waals surface area contributed by atoms with Crippen molar-refractivity contribution in [1.82, 2.24) is 4.90 Å². The number of nitrogens with zero attached hydrogens (tertiary/aromatic N) is 1. The van der Waals surface area contributed by atoms with Gasteiger partial charge in [-0.2, -0.15) is 0 Å². The number of aliphatic hydroxyl groups is 1. The second kappa shape index (κ2) is 8.42. The summed E-state index contributed by atoms with van der Waals surface area (Å²) in [5.41, 5.74) is 0.590. The molecule has 0 aliphatic rings. The fourth-order valence-corrected chi connectivity index (χ4v) is 1.91. The van der Waals surface area contributed by atoms with Gasteiger partial charge in [-0.25, -0.2) is 4.39 Å². The Labute approximate surface area is 124 Å². The lowest BCUT2D eigenvalue weighted by molar-refractivity contribution is -0.127. The second-order valence-corrected chi connectivity index (χ2v) is 4.93. The van der Waals surface area contributed by atoms with Crippen molar-refractivity contribution in [3.8, 4) is 5.75 Å². The Bertz CT molecular complexity index is 500. The zero-order valence-electron chi connectivity index (χ0n) is 12.7. The summed E-state index contributed by atoms with van der Waals surface area (Å²) in [7, 11) is 1.40. The molecule has 1 amide bonds. The number of methoxy groups -OCH3 is 1. The van der Waals surface area contributed by atoms with Crippen molar-refractivity contribution >= 4 is 12.0 Å². The SMILES string of the molecule is COc1ccc(/C=C/C(=O)N(CCCO)C(C)C)cc1F. The van der Waals surface area contributed by atoms with Crippen LogP contribution in [0.3, 0.4) is 0 Å². The monoisotopic (exact) mass is 295 g/mol. The number of carbonyl (C=O) groups is 1. The lowest BCUT2D eigenvalue weighted by Gasteiger charge is -2.25. The third-order valence-electron chi connectivity index (χ3n) is 3.06. The summed E-state index contributed by atoms with van der Waals surface area (Å²) in [5.74, 6) is -0.451. The van der Waals surface area contributed by atoms with Gasteiger partial charge in [0.1, 0.15) is 0 Å². The van der Waals surface area contributed by atoms with Crippen molar-refractivity contribution in [2.45, 2.75) is 26.3 Å². The van der Waals surface area contributed by atoms with Crippen molar-refractivity contribution in [3.05, 3.63) is 35.7 Å². The molecule has 0 aliphatic heterocycles. The summed E-state index contributed by atoms with van der Waals surface area (Å²) in [6, 6.07) is 4.56. The Morgan fingerprint density at radius 3 is 2.71 bits per heavy atom. The van der Waals surface area contributed by atoms with E-state index in [1.807, 2.05) is 13.8 Å². The number of rotatable bonds is 7. The molecule has 0 radical (unpaired) electrons. The van der Waals surface area contributed by atoms with E-state index in [9.17, 15) is 9.18 Å². The fraction of sp³-hybridized carbons (Fsp3) is 0.438. The smallest absolute Gasteiger partial charge is 0.246 e. The van der Waals surface area contributed by atoms with Crippen molar-refractivity contribution < 1.29 is 19.0 Å². The third-order valence-corrected chi connectivity index (χ3v) is 3.06. The molecule has 1 aromatic carbocycles. The van der Waals surface area contributed by atoms with E-state index in [1.54, 1.807) is 17.0 Å². The number of hydrogen-bond acceptors (Lipinski definition) is 3. The van der Waals surface area contributed by atoms with Crippen molar-refractivity contribution in [2.75, 3.05) is 20.3 Å². The Morgan fingerprint density at radius 1 is 1.48 bits per heavy atom. The number of benzene rings is 1. The van der Waals surface area contributed by atoms with Crippen molar-refractivity contribution in [3.63, 3.8) is 0 Å². The van der Waals surface area contributed by atoms with Crippen LogP contribution in [-0.4, -0.2) is 42.2 Å². The molecule has 0 fully saturated rings. The van der Waals surface area contributed by atoms with Gasteiger partial charge in [0, 0.05) is 25.3 Å². The highest BCUT2D eigenvalue weighted by molar-refractivity contribution is 5.92. The van der Waals surface area contributed by atoms with E-state index >= 15 is 0 Å². The highest BCUT2D eigenvalue weighted by atomic mass is 19.1. The van der Waals surface area contributed by atoms with Crippen LogP contribution >= 0.6 is 0 Å². The molecule has 0 saturated carbocycles. The number of halogens is 1. The van der Waals surface area contributed by atoms with Gasteiger partial charge in [-0.3, -0.25) is 4.79 Å². The average molecular weight is 295 g/mol. The predicted octanol–water partition coefficient (Wildman–Crippen LogP) is 2.47. The zero-order valence-corrected chi connectivity index (χ0v) is 12.7. The van der Waals surface area contributed by atoms with Crippen LogP contribution in [-0.2, 0) is 4.79 Å². The minimum Gasteiger partial charge on any atom is -0.494 e. The van der Waals surface area contributed by atoms with Gasteiger partial charge in [0.2, 0.25) is 5.91 Å². The van der Waals surface area contributed by atoms with Crippen LogP contribution < -0.4 is 4.74 Å². The minimum atomic E-state index is -0.465. The Morgan fingerprint density at radius 2 is 2.19 bits per heavy atom. The molecule has 0 aliphatic carbocycles. The highest BCUT2D eigenvalue weighted by Crippen LogP contribution is 2.18. The molecule has 4 nitrogen and oxygen atoms in total. The van der Waals surface area contributed by atoms with E-state index in [0.29, 0.717) is 18.5 Å². The molecule has 0 atom stereocenters. The van der Waals surface area contributed by atoms with Gasteiger partial charge in [-0.15, -0.1) is 0 Å². The molecule has 1 aromatic rings. The number of ether oxygens (including phenoxy) is 1. The molecule has 1 N–H and O–H groups in total. The first-order chi connectivity index (χ1) is 9.99. The Kier molecular flexibility index (Phi) is 6.88. The number of amides is 1. The molecular weight excluding hydrogens is 273 g/mol. The average Bonchev–Trinajstić information content (AvgIpc) is 2.45. The summed E-state index contributed by atoms with van der Waals surface area (Å²) in [6.07, 6.45) is 3.52. The summed E-state index contributed by atoms with van der Waals surface area (Å²) < 4.78 is 18.4. The van der Waals surface area contributed by atoms with Crippen LogP contribution in [0.15, 0.2) is 24.3 Å². The number of aliphatic hydroxyl groups excluding tert-OH is 1. The largest absolute Gasteiger partial charge is 0.494 e. The molecule has 1 rings (SSSR count). The van der Waals surface area contributed by atoms with E-state index in [1.165, 1.54) is 25.3 Å². The molecule has 0 aromatic heterocycles. The quantitative estimate of drug-likeness (QED) is 0.786. The third kappa shape index (κ3) is 5.19. The molecule has 0 unspecified atom stereocenters. The maximum Gasteiger partial charge on any atom is 0.246 e. The van der Waals surface area contributed by atoms with Crippen LogP contribution in [0.4, 0.5) is 4.39 Å². The normalized spacial score (nSPS) is 11.1. The molecular formula is C16H22FNO3. The van der Waals surface area contributed by atoms with Gasteiger partial charge in [-0.1, -0.05) is 6.07 Å². The molecule has 21 heavy (non-hydrogen) atoms. The van der Waals surface area contributed by atoms with Gasteiger partial charge in [0.05, 0.1) is 7.11 Å². The topological polar surface area (TPSA) is 49.8 Å². The zero-order chi connectivity index (χ0) is 15.8. The van der Waals surface area contributed by atoms with Gasteiger partial charge in [0.25, 0.3) is 0 Å². The summed E-state index contributed by atoms with van der Waals surface area (Å²) in [6.45, 7) is 4.37. The van der Waals surface area contributed by atoms with E-state index in [4.69, 9.17) is 9.84 Å². The number of hydrogen-bond donors (Lipinski definition) is 1. The van der Waals surface area contributed by atoms with Crippen LogP contribution in [0.5, 0.6) is 5.75 Å². The minimum absolute atomic E-state index is 0.0429. The molecule has 0 bridgehead atoms. The fourth-order valence-electron chi connectivity index (χ4n) is 1.91. The van der Waals surface area contributed by atoms with Gasteiger partial charge < -0.3 is 14.7 Å². The van der Waals surface area contributed by atoms with E-state index in [-0.39, 0.29) is 24.3 Å². The van der Waals surface area contributed by atoms with Crippen molar-refractivity contribution in [1.29, 1.82) is 0 Å². The molecule has 0 saturated heterocycles. The van der Waals surface area contributed by atoms with Gasteiger partial charge in [0.15, 0.2) is 11.6 Å². The first-order valence-electron chi connectivity index (χ1n) is 6.92. The van der Waals surface area contributed by atoms with E-state index in [0.717, 1.165) is 0 Å². The van der Waals surface area contributed by atoms with Crippen molar-refractivity contribution in [2.24, 2.45) is 0 Å². The second-order valence-electron chi connectivity index (χ2n) is 4.93. The lowest BCUT2D eigenvalue weighted by Crippen LogP contribution is -2.36. The molecule has 116 valence electrons. The van der Waals surface area contributed by atoms with E-state index in [2.05, 4.69) is 0 Å². The standard InChI is InChI=1S/C16H22FNO3/c1-12(2)18(9-4-10-19)16(20)8-6-13-5-7-15(21-3)14(17)11-13/h5-8,11-12,19H,4,9-10H2,1-3H3/b8-6+. The Hall–Kier alpha value is -1.88. The predicted molar refractivity (Wildman–Crippen MR) is 80.5 cm³/mol. The molecule has 0 heterocycles.